The Kier molecular flexibility index (Phi) is 8.74. The summed E-state index contributed by atoms with van der Waals surface area (Å²) < 4.78 is 43.3. The molecule has 0 radical (unpaired) electrons. The van der Waals surface area contributed by atoms with Gasteiger partial charge in [0.05, 0.1) is 35.5 Å². The number of benzene rings is 4. The van der Waals surface area contributed by atoms with Gasteiger partial charge in [-0.3, -0.25) is 9.80 Å². The van der Waals surface area contributed by atoms with Crippen LogP contribution in [0.15, 0.2) is 54.6 Å². The van der Waals surface area contributed by atoms with Crippen LogP contribution >= 0.6 is 0 Å². The van der Waals surface area contributed by atoms with Crippen molar-refractivity contribution in [2.75, 3.05) is 62.7 Å². The minimum Gasteiger partial charge on any atom is -0.493 e. The maximum Gasteiger partial charge on any atom is 0.208 e. The molecule has 4 heterocycles. The van der Waals surface area contributed by atoms with E-state index in [0.29, 0.717) is 46.0 Å². The van der Waals surface area contributed by atoms with Crippen LogP contribution in [0, 0.1) is 0 Å². The van der Waals surface area contributed by atoms with Gasteiger partial charge in [0.1, 0.15) is 5.75 Å². The second kappa shape index (κ2) is 13.1. The van der Waals surface area contributed by atoms with E-state index in [4.69, 9.17) is 33.2 Å². The van der Waals surface area contributed by atoms with Crippen LogP contribution in [0.3, 0.4) is 0 Å². The van der Waals surface area contributed by atoms with E-state index in [-0.39, 0.29) is 12.1 Å². The summed E-state index contributed by atoms with van der Waals surface area (Å²) in [4.78, 5) is 4.78. The fourth-order valence-electron chi connectivity index (χ4n) is 7.58. The van der Waals surface area contributed by atoms with E-state index in [0.717, 1.165) is 66.8 Å². The molecule has 252 valence electrons. The van der Waals surface area contributed by atoms with Gasteiger partial charge in [0, 0.05) is 36.3 Å². The summed E-state index contributed by atoms with van der Waals surface area (Å²) >= 11 is 0. The van der Waals surface area contributed by atoms with Gasteiger partial charge in [-0.25, -0.2) is 0 Å². The molecule has 6 bridgehead atoms. The van der Waals surface area contributed by atoms with Crippen LogP contribution in [0.4, 0.5) is 0 Å². The monoisotopic (exact) mass is 652 g/mol. The Hall–Kier alpha value is -4.60. The van der Waals surface area contributed by atoms with Crippen molar-refractivity contribution in [1.29, 1.82) is 0 Å². The van der Waals surface area contributed by atoms with Crippen LogP contribution in [0.2, 0.25) is 0 Å². The molecule has 4 aromatic rings. The number of fused-ring (bicyclic) bond motifs is 2. The molecule has 4 aliphatic rings. The van der Waals surface area contributed by atoms with Gasteiger partial charge in [-0.2, -0.15) is 0 Å². The number of likely N-dealkylation sites (N-methyl/N-ethyl adjacent to an activating group) is 2. The summed E-state index contributed by atoms with van der Waals surface area (Å²) in [6, 6.07) is 18.9. The molecule has 4 aromatic carbocycles. The lowest BCUT2D eigenvalue weighted by molar-refractivity contribution is 0.216. The van der Waals surface area contributed by atoms with Crippen molar-refractivity contribution in [2.45, 2.75) is 37.8 Å². The summed E-state index contributed by atoms with van der Waals surface area (Å²) in [6.07, 6.45) is 3.18. The van der Waals surface area contributed by atoms with E-state index in [1.807, 2.05) is 18.2 Å². The van der Waals surface area contributed by atoms with E-state index >= 15 is 0 Å². The van der Waals surface area contributed by atoms with Crippen molar-refractivity contribution in [3.05, 3.63) is 88.0 Å². The van der Waals surface area contributed by atoms with Gasteiger partial charge in [0.15, 0.2) is 34.5 Å². The topological polar surface area (TPSA) is 71.1 Å². The zero-order valence-electron chi connectivity index (χ0n) is 28.8. The Morgan fingerprint density at radius 3 is 1.96 bits per heavy atom. The normalized spacial score (nSPS) is 18.8. The number of hydrogen-bond acceptors (Lipinski definition) is 9. The average molecular weight is 653 g/mol. The quantitative estimate of drug-likeness (QED) is 0.223. The van der Waals surface area contributed by atoms with Gasteiger partial charge >= 0.3 is 0 Å². The van der Waals surface area contributed by atoms with Crippen LogP contribution in [-0.4, -0.2) is 72.5 Å². The Balaban J connectivity index is 1.48. The third kappa shape index (κ3) is 5.54. The SMILES string of the molecule is COc1ccc2cc1Oc1ccc(cc1)C[C@H]1c3c(c(OC)c(OC)c(OC)c3Oc3cc4c(cc3OC)CCN(C)[C@@H]4C2)CCN1C. The number of hydrogen-bond donors (Lipinski definition) is 0. The van der Waals surface area contributed by atoms with Gasteiger partial charge < -0.3 is 33.2 Å². The molecule has 0 spiro atoms. The van der Waals surface area contributed by atoms with Crippen molar-refractivity contribution in [3.63, 3.8) is 0 Å². The van der Waals surface area contributed by atoms with Crippen LogP contribution in [0.25, 0.3) is 0 Å². The number of methoxy groups -OCH3 is 5. The molecule has 0 fully saturated rings. The first-order valence-electron chi connectivity index (χ1n) is 16.4. The van der Waals surface area contributed by atoms with Gasteiger partial charge in [-0.15, -0.1) is 0 Å². The molecule has 48 heavy (non-hydrogen) atoms. The average Bonchev–Trinajstić information content (AvgIpc) is 3.10. The zero-order valence-corrected chi connectivity index (χ0v) is 28.8. The van der Waals surface area contributed by atoms with E-state index in [1.54, 1.807) is 35.5 Å². The lowest BCUT2D eigenvalue weighted by Gasteiger charge is -2.38. The summed E-state index contributed by atoms with van der Waals surface area (Å²) in [5.74, 6) is 5.74. The predicted molar refractivity (Wildman–Crippen MR) is 184 cm³/mol. The lowest BCUT2D eigenvalue weighted by Crippen LogP contribution is -2.34. The summed E-state index contributed by atoms with van der Waals surface area (Å²) in [5, 5.41) is 0. The Morgan fingerprint density at radius 1 is 0.604 bits per heavy atom. The molecular weight excluding hydrogens is 608 g/mol. The van der Waals surface area contributed by atoms with E-state index < -0.39 is 0 Å². The van der Waals surface area contributed by atoms with Crippen molar-refractivity contribution in [3.8, 4) is 51.7 Å². The third-order valence-corrected chi connectivity index (χ3v) is 10.2. The molecule has 0 aromatic heterocycles. The molecule has 0 unspecified atom stereocenters. The molecule has 0 N–H and O–H groups in total. The highest BCUT2D eigenvalue weighted by Gasteiger charge is 2.37. The number of rotatable bonds is 5. The fraction of sp³-hybridized carbons (Fsp3) is 0.385. The minimum atomic E-state index is -0.0395. The first kappa shape index (κ1) is 32.0. The Morgan fingerprint density at radius 2 is 1.25 bits per heavy atom. The number of ether oxygens (including phenoxy) is 7. The second-order valence-electron chi connectivity index (χ2n) is 12.8. The first-order chi connectivity index (χ1) is 23.4. The summed E-state index contributed by atoms with van der Waals surface area (Å²) in [5.41, 5.74) is 6.84. The Labute approximate surface area is 282 Å². The first-order valence-corrected chi connectivity index (χ1v) is 16.4. The van der Waals surface area contributed by atoms with E-state index in [9.17, 15) is 0 Å². The van der Waals surface area contributed by atoms with E-state index in [2.05, 4.69) is 60.3 Å². The van der Waals surface area contributed by atoms with Gasteiger partial charge in [0.25, 0.3) is 0 Å². The molecule has 0 saturated heterocycles. The molecule has 9 nitrogen and oxygen atoms in total. The molecule has 0 amide bonds. The number of nitrogens with zero attached hydrogens (tertiary/aromatic N) is 2. The van der Waals surface area contributed by atoms with Crippen molar-refractivity contribution in [2.24, 2.45) is 0 Å². The molecule has 0 saturated carbocycles. The van der Waals surface area contributed by atoms with Crippen LogP contribution in [0.5, 0.6) is 51.7 Å². The highest BCUT2D eigenvalue weighted by molar-refractivity contribution is 5.70. The van der Waals surface area contributed by atoms with Crippen LogP contribution < -0.4 is 33.2 Å². The second-order valence-corrected chi connectivity index (χ2v) is 12.8. The zero-order chi connectivity index (χ0) is 33.5. The molecular formula is C39H44N2O7. The predicted octanol–water partition coefficient (Wildman–Crippen LogP) is 7.17. The highest BCUT2D eigenvalue weighted by atomic mass is 16.6. The fourth-order valence-corrected chi connectivity index (χ4v) is 7.58. The van der Waals surface area contributed by atoms with Crippen molar-refractivity contribution in [1.82, 2.24) is 9.80 Å². The van der Waals surface area contributed by atoms with Crippen molar-refractivity contribution >= 4 is 0 Å². The van der Waals surface area contributed by atoms with E-state index in [1.165, 1.54) is 11.1 Å². The summed E-state index contributed by atoms with van der Waals surface area (Å²) in [7, 11) is 12.7. The third-order valence-electron chi connectivity index (χ3n) is 10.2. The molecule has 4 aliphatic heterocycles. The van der Waals surface area contributed by atoms with Gasteiger partial charge in [-0.05, 0) is 98.4 Å². The highest BCUT2D eigenvalue weighted by Crippen LogP contribution is 2.56. The van der Waals surface area contributed by atoms with Crippen LogP contribution in [-0.2, 0) is 25.7 Å². The largest absolute Gasteiger partial charge is 0.493 e. The standard InChI is InChI=1S/C39H44N2O7/c1-40-16-14-25-21-32(43-4)34-22-28(25)29(40)19-24-10-13-31(42-3)33(20-24)47-26-11-8-23(9-12-26)18-30-35-27(15-17-41(30)2)36(44-5)38(45-6)39(46-7)37(35)48-34/h8-13,20-22,29-30H,14-19H2,1-7H3/t29-,30+/m1/s1. The van der Waals surface area contributed by atoms with Gasteiger partial charge in [-0.1, -0.05) is 18.2 Å². The molecule has 2 atom stereocenters. The maximum atomic E-state index is 7.07. The minimum absolute atomic E-state index is 0.0395. The van der Waals surface area contributed by atoms with Crippen LogP contribution in [0.1, 0.15) is 45.5 Å². The Bertz CT molecular complexity index is 1820. The molecule has 8 rings (SSSR count). The molecule has 9 heteroatoms. The smallest absolute Gasteiger partial charge is 0.208 e. The molecule has 0 aliphatic carbocycles. The van der Waals surface area contributed by atoms with Crippen molar-refractivity contribution < 1.29 is 33.2 Å². The lowest BCUT2D eigenvalue weighted by atomic mass is 9.86. The summed E-state index contributed by atoms with van der Waals surface area (Å²) in [6.45, 7) is 1.77. The van der Waals surface area contributed by atoms with Gasteiger partial charge in [0.2, 0.25) is 11.5 Å². The maximum absolute atomic E-state index is 7.07.